The second-order valence-corrected chi connectivity index (χ2v) is 9.00. The number of aliphatic hydroxyl groups is 1. The minimum Gasteiger partial charge on any atom is -0.492 e. The van der Waals surface area contributed by atoms with E-state index in [1.165, 1.54) is 16.7 Å². The summed E-state index contributed by atoms with van der Waals surface area (Å²) in [5, 5.41) is 14.0. The van der Waals surface area contributed by atoms with Crippen LogP contribution in [0.15, 0.2) is 42.5 Å². The fourth-order valence-electron chi connectivity index (χ4n) is 4.21. The van der Waals surface area contributed by atoms with Crippen molar-refractivity contribution >= 4 is 0 Å². The quantitative estimate of drug-likeness (QED) is 0.643. The lowest BCUT2D eigenvalue weighted by Gasteiger charge is -2.30. The molecule has 6 heteroatoms. The number of nitrogens with zero attached hydrogens (tertiary/aromatic N) is 1. The Hall–Kier alpha value is -2.12. The largest absolute Gasteiger partial charge is 0.492 e. The third kappa shape index (κ3) is 6.20. The highest BCUT2D eigenvalue weighted by molar-refractivity contribution is 5.33. The molecule has 0 aliphatic carbocycles. The normalized spacial score (nSPS) is 22.8. The van der Waals surface area contributed by atoms with Crippen LogP contribution < -0.4 is 14.8 Å². The molecule has 2 aliphatic heterocycles. The van der Waals surface area contributed by atoms with Gasteiger partial charge in [-0.05, 0) is 61.7 Å². The Morgan fingerprint density at radius 2 is 1.77 bits per heavy atom. The van der Waals surface area contributed by atoms with Crippen molar-refractivity contribution < 1.29 is 19.3 Å². The van der Waals surface area contributed by atoms with Gasteiger partial charge in [0, 0.05) is 25.7 Å². The van der Waals surface area contributed by atoms with E-state index in [1.807, 2.05) is 24.3 Å². The zero-order chi connectivity index (χ0) is 21.8. The first-order chi connectivity index (χ1) is 14.9. The summed E-state index contributed by atoms with van der Waals surface area (Å²) in [4.78, 5) is 2.24. The van der Waals surface area contributed by atoms with Crippen molar-refractivity contribution in [3.05, 3.63) is 59.2 Å². The number of aryl methyl sites for hydroxylation is 2. The van der Waals surface area contributed by atoms with Gasteiger partial charge in [-0.3, -0.25) is 4.90 Å². The molecule has 0 bridgehead atoms. The van der Waals surface area contributed by atoms with Crippen LogP contribution in [0.2, 0.25) is 0 Å². The molecule has 0 spiro atoms. The molecular weight excluding hydrogens is 392 g/mol. The lowest BCUT2D eigenvalue weighted by atomic mass is 10.1. The van der Waals surface area contributed by atoms with Crippen LogP contribution in [0, 0.1) is 13.8 Å². The van der Waals surface area contributed by atoms with E-state index < -0.39 is 6.10 Å². The number of likely N-dealkylation sites (tertiary alicyclic amines) is 1. The SMILES string of the molecule is Cc1cc(C)cc(O[C@H]2CN(Cc3ccc(OC[C@H](C)NC4COC4)cc3)C[C@@H]2O)c1. The molecule has 2 N–H and O–H groups in total. The van der Waals surface area contributed by atoms with Crippen molar-refractivity contribution in [1.29, 1.82) is 0 Å². The number of ether oxygens (including phenoxy) is 3. The molecule has 0 unspecified atom stereocenters. The van der Waals surface area contributed by atoms with E-state index in [0.29, 0.717) is 25.7 Å². The van der Waals surface area contributed by atoms with Gasteiger partial charge < -0.3 is 24.6 Å². The summed E-state index contributed by atoms with van der Waals surface area (Å²) in [6.07, 6.45) is -0.697. The van der Waals surface area contributed by atoms with Crippen LogP contribution in [-0.4, -0.2) is 67.2 Å². The zero-order valence-electron chi connectivity index (χ0n) is 18.7. The molecule has 0 aromatic heterocycles. The number of aliphatic hydroxyl groups excluding tert-OH is 1. The predicted molar refractivity (Wildman–Crippen MR) is 121 cm³/mol. The third-order valence-electron chi connectivity index (χ3n) is 5.78. The summed E-state index contributed by atoms with van der Waals surface area (Å²) in [6, 6.07) is 15.1. The number of benzene rings is 2. The summed E-state index contributed by atoms with van der Waals surface area (Å²) < 4.78 is 17.2. The van der Waals surface area contributed by atoms with Gasteiger partial charge in [-0.25, -0.2) is 0 Å². The number of nitrogens with one attached hydrogen (secondary N) is 1. The Morgan fingerprint density at radius 3 is 2.42 bits per heavy atom. The van der Waals surface area contributed by atoms with E-state index in [9.17, 15) is 5.11 Å². The van der Waals surface area contributed by atoms with Gasteiger partial charge in [0.1, 0.15) is 30.3 Å². The predicted octanol–water partition coefficient (Wildman–Crippen LogP) is 2.68. The molecular formula is C25H34N2O4. The van der Waals surface area contributed by atoms with E-state index in [4.69, 9.17) is 14.2 Å². The Morgan fingerprint density at radius 1 is 1.06 bits per heavy atom. The van der Waals surface area contributed by atoms with Crippen LogP contribution in [0.1, 0.15) is 23.6 Å². The Labute approximate surface area is 185 Å². The molecule has 0 amide bonds. The second-order valence-electron chi connectivity index (χ2n) is 9.00. The van der Waals surface area contributed by atoms with Crippen molar-refractivity contribution in [2.45, 2.75) is 51.6 Å². The van der Waals surface area contributed by atoms with Gasteiger partial charge in [0.05, 0.1) is 19.3 Å². The van der Waals surface area contributed by atoms with Crippen LogP contribution in [0.4, 0.5) is 0 Å². The number of β-amino-alcohol motifs (C(OH)–C–C–N with tert-alkyl or cyclic N) is 1. The van der Waals surface area contributed by atoms with Gasteiger partial charge in [-0.2, -0.15) is 0 Å². The van der Waals surface area contributed by atoms with E-state index >= 15 is 0 Å². The smallest absolute Gasteiger partial charge is 0.138 e. The number of rotatable bonds is 9. The van der Waals surface area contributed by atoms with Gasteiger partial charge in [0.2, 0.25) is 0 Å². The van der Waals surface area contributed by atoms with Crippen molar-refractivity contribution in [2.75, 3.05) is 32.9 Å². The van der Waals surface area contributed by atoms with Gasteiger partial charge in [-0.15, -0.1) is 0 Å². The highest BCUT2D eigenvalue weighted by Crippen LogP contribution is 2.23. The molecule has 2 aliphatic rings. The molecule has 6 nitrogen and oxygen atoms in total. The van der Waals surface area contributed by atoms with Gasteiger partial charge in [0.25, 0.3) is 0 Å². The third-order valence-corrected chi connectivity index (χ3v) is 5.78. The lowest BCUT2D eigenvalue weighted by Crippen LogP contribution is -2.51. The Bertz CT molecular complexity index is 833. The fraction of sp³-hybridized carbons (Fsp3) is 0.520. The molecule has 2 aromatic rings. The van der Waals surface area contributed by atoms with Crippen molar-refractivity contribution in [2.24, 2.45) is 0 Å². The fourth-order valence-corrected chi connectivity index (χ4v) is 4.21. The van der Waals surface area contributed by atoms with E-state index in [-0.39, 0.29) is 12.1 Å². The average Bonchev–Trinajstić information content (AvgIpc) is 3.02. The maximum Gasteiger partial charge on any atom is 0.138 e. The average molecular weight is 427 g/mol. The molecule has 0 radical (unpaired) electrons. The van der Waals surface area contributed by atoms with Crippen molar-refractivity contribution in [1.82, 2.24) is 10.2 Å². The molecule has 2 saturated heterocycles. The second kappa shape index (κ2) is 10.0. The zero-order valence-corrected chi connectivity index (χ0v) is 18.7. The first kappa shape index (κ1) is 22.1. The highest BCUT2D eigenvalue weighted by atomic mass is 16.5. The Balaban J connectivity index is 1.24. The number of hydrogen-bond acceptors (Lipinski definition) is 6. The summed E-state index contributed by atoms with van der Waals surface area (Å²) in [5.41, 5.74) is 3.54. The van der Waals surface area contributed by atoms with E-state index in [2.05, 4.69) is 49.2 Å². The lowest BCUT2D eigenvalue weighted by molar-refractivity contribution is -0.0112. The van der Waals surface area contributed by atoms with Gasteiger partial charge in [-0.1, -0.05) is 18.2 Å². The summed E-state index contributed by atoms with van der Waals surface area (Å²) in [6.45, 7) is 10.6. The van der Waals surface area contributed by atoms with Crippen molar-refractivity contribution in [3.63, 3.8) is 0 Å². The molecule has 3 atom stereocenters. The highest BCUT2D eigenvalue weighted by Gasteiger charge is 2.33. The van der Waals surface area contributed by atoms with Crippen LogP contribution in [0.25, 0.3) is 0 Å². The van der Waals surface area contributed by atoms with E-state index in [0.717, 1.165) is 31.3 Å². The van der Waals surface area contributed by atoms with Gasteiger partial charge in [0.15, 0.2) is 0 Å². The van der Waals surface area contributed by atoms with Crippen LogP contribution in [0.3, 0.4) is 0 Å². The van der Waals surface area contributed by atoms with Gasteiger partial charge >= 0.3 is 0 Å². The maximum atomic E-state index is 10.5. The molecule has 0 saturated carbocycles. The summed E-state index contributed by atoms with van der Waals surface area (Å²) in [5.74, 6) is 1.71. The summed E-state index contributed by atoms with van der Waals surface area (Å²) in [7, 11) is 0. The molecule has 2 fully saturated rings. The van der Waals surface area contributed by atoms with Crippen molar-refractivity contribution in [3.8, 4) is 11.5 Å². The molecule has 31 heavy (non-hydrogen) atoms. The van der Waals surface area contributed by atoms with E-state index in [1.54, 1.807) is 0 Å². The monoisotopic (exact) mass is 426 g/mol. The van der Waals surface area contributed by atoms with Crippen LogP contribution >= 0.6 is 0 Å². The Kier molecular flexibility index (Phi) is 7.13. The first-order valence-electron chi connectivity index (χ1n) is 11.2. The topological polar surface area (TPSA) is 63.2 Å². The molecule has 4 rings (SSSR count). The molecule has 168 valence electrons. The first-order valence-corrected chi connectivity index (χ1v) is 11.2. The minimum atomic E-state index is -0.488. The summed E-state index contributed by atoms with van der Waals surface area (Å²) >= 11 is 0. The van der Waals surface area contributed by atoms with Crippen LogP contribution in [-0.2, 0) is 11.3 Å². The van der Waals surface area contributed by atoms with Crippen LogP contribution in [0.5, 0.6) is 11.5 Å². The standard InChI is InChI=1S/C25H34N2O4/c1-17-8-18(2)10-23(9-17)31-25-13-27(12-24(25)28)11-20-4-6-22(7-5-20)30-14-19(3)26-21-15-29-16-21/h4-10,19,21,24-26,28H,11-16H2,1-3H3/t19-,24-,25-/m0/s1. The molecule has 2 heterocycles. The number of hydrogen-bond donors (Lipinski definition) is 2. The molecule has 2 aromatic carbocycles. The maximum absolute atomic E-state index is 10.5. The minimum absolute atomic E-state index is 0.209.